The van der Waals surface area contributed by atoms with Gasteiger partial charge in [-0.2, -0.15) is 0 Å². The van der Waals surface area contributed by atoms with Crippen LogP contribution in [0.15, 0.2) is 18.2 Å². The summed E-state index contributed by atoms with van der Waals surface area (Å²) in [6.07, 6.45) is 0.166. The molecule has 0 aromatic heterocycles. The van der Waals surface area contributed by atoms with Gasteiger partial charge in [-0.1, -0.05) is 6.07 Å². The van der Waals surface area contributed by atoms with Crippen molar-refractivity contribution >= 4 is 5.69 Å². The fourth-order valence-corrected chi connectivity index (χ4v) is 2.34. The molecule has 1 aromatic carbocycles. The topological polar surface area (TPSA) is 24.5 Å². The van der Waals surface area contributed by atoms with E-state index >= 15 is 0 Å². The average Bonchev–Trinajstić information content (AvgIpc) is 2.40. The molecule has 0 bridgehead atoms. The van der Waals surface area contributed by atoms with Gasteiger partial charge in [0.2, 0.25) is 0 Å². The van der Waals surface area contributed by atoms with Crippen molar-refractivity contribution in [3.63, 3.8) is 0 Å². The molecule has 1 N–H and O–H groups in total. The Hall–Kier alpha value is -1.13. The van der Waals surface area contributed by atoms with Gasteiger partial charge in [0.25, 0.3) is 0 Å². The zero-order valence-electron chi connectivity index (χ0n) is 11.9. The number of halogens is 1. The fourth-order valence-electron chi connectivity index (χ4n) is 2.34. The second-order valence-corrected chi connectivity index (χ2v) is 5.42. The largest absolute Gasteiger partial charge is 0.382 e. The van der Waals surface area contributed by atoms with E-state index in [1.54, 1.807) is 12.1 Å². The zero-order valence-corrected chi connectivity index (χ0v) is 11.9. The SMILES string of the molecule is Cc1ccc(F)cc1NCC1CN(C(C)C)CCO1. The molecule has 1 saturated heterocycles. The normalized spacial score (nSPS) is 20.8. The van der Waals surface area contributed by atoms with E-state index in [0.29, 0.717) is 12.6 Å². The maximum Gasteiger partial charge on any atom is 0.125 e. The van der Waals surface area contributed by atoms with Gasteiger partial charge in [-0.05, 0) is 38.5 Å². The predicted octanol–water partition coefficient (Wildman–Crippen LogP) is 2.66. The summed E-state index contributed by atoms with van der Waals surface area (Å²) in [5.41, 5.74) is 1.91. The van der Waals surface area contributed by atoms with E-state index in [2.05, 4.69) is 24.1 Å². The number of nitrogens with zero attached hydrogens (tertiary/aromatic N) is 1. The lowest BCUT2D eigenvalue weighted by molar-refractivity contribution is -0.0315. The Balaban J connectivity index is 1.89. The van der Waals surface area contributed by atoms with E-state index in [0.717, 1.165) is 30.9 Å². The zero-order chi connectivity index (χ0) is 13.8. The summed E-state index contributed by atoms with van der Waals surface area (Å²) in [4.78, 5) is 2.41. The number of nitrogens with one attached hydrogen (secondary N) is 1. The van der Waals surface area contributed by atoms with Crippen LogP contribution in [0.3, 0.4) is 0 Å². The predicted molar refractivity (Wildman–Crippen MR) is 76.1 cm³/mol. The molecular formula is C15H23FN2O. The van der Waals surface area contributed by atoms with Gasteiger partial charge in [-0.3, -0.25) is 4.90 Å². The number of anilines is 1. The highest BCUT2D eigenvalue weighted by atomic mass is 19.1. The third-order valence-corrected chi connectivity index (χ3v) is 3.62. The van der Waals surface area contributed by atoms with Crippen LogP contribution in [-0.4, -0.2) is 43.3 Å². The molecule has 19 heavy (non-hydrogen) atoms. The Kier molecular flexibility index (Phi) is 4.77. The first-order valence-electron chi connectivity index (χ1n) is 6.92. The average molecular weight is 266 g/mol. The molecule has 3 nitrogen and oxygen atoms in total. The number of benzene rings is 1. The van der Waals surface area contributed by atoms with Crippen molar-refractivity contribution in [1.29, 1.82) is 0 Å². The van der Waals surface area contributed by atoms with E-state index < -0.39 is 0 Å². The highest BCUT2D eigenvalue weighted by molar-refractivity contribution is 5.50. The van der Waals surface area contributed by atoms with Crippen LogP contribution in [0.2, 0.25) is 0 Å². The molecular weight excluding hydrogens is 243 g/mol. The number of hydrogen-bond acceptors (Lipinski definition) is 3. The Morgan fingerprint density at radius 1 is 1.47 bits per heavy atom. The minimum absolute atomic E-state index is 0.166. The number of aryl methyl sites for hydroxylation is 1. The van der Waals surface area contributed by atoms with Gasteiger partial charge in [0, 0.05) is 31.4 Å². The van der Waals surface area contributed by atoms with Crippen LogP contribution in [0.5, 0.6) is 0 Å². The molecule has 1 heterocycles. The summed E-state index contributed by atoms with van der Waals surface area (Å²) >= 11 is 0. The Morgan fingerprint density at radius 3 is 3.00 bits per heavy atom. The van der Waals surface area contributed by atoms with Gasteiger partial charge in [0.15, 0.2) is 0 Å². The second-order valence-electron chi connectivity index (χ2n) is 5.42. The maximum absolute atomic E-state index is 13.2. The maximum atomic E-state index is 13.2. The van der Waals surface area contributed by atoms with Crippen LogP contribution in [0.25, 0.3) is 0 Å². The number of hydrogen-bond donors (Lipinski definition) is 1. The van der Waals surface area contributed by atoms with E-state index in [9.17, 15) is 4.39 Å². The van der Waals surface area contributed by atoms with E-state index in [-0.39, 0.29) is 11.9 Å². The summed E-state index contributed by atoms with van der Waals surface area (Å²) in [5, 5.41) is 3.29. The Bertz CT molecular complexity index is 423. The van der Waals surface area contributed by atoms with Crippen molar-refractivity contribution in [2.45, 2.75) is 32.9 Å². The quantitative estimate of drug-likeness (QED) is 0.906. The van der Waals surface area contributed by atoms with Crippen LogP contribution in [-0.2, 0) is 4.74 Å². The monoisotopic (exact) mass is 266 g/mol. The van der Waals surface area contributed by atoms with Gasteiger partial charge in [0.1, 0.15) is 5.82 Å². The van der Waals surface area contributed by atoms with Gasteiger partial charge >= 0.3 is 0 Å². The first-order chi connectivity index (χ1) is 9.06. The van der Waals surface area contributed by atoms with Crippen molar-refractivity contribution in [3.8, 4) is 0 Å². The molecule has 4 heteroatoms. The molecule has 1 unspecified atom stereocenters. The molecule has 0 radical (unpaired) electrons. The number of morpholine rings is 1. The van der Waals surface area contributed by atoms with Crippen molar-refractivity contribution in [1.82, 2.24) is 4.90 Å². The lowest BCUT2D eigenvalue weighted by Gasteiger charge is -2.35. The van der Waals surface area contributed by atoms with Crippen LogP contribution in [0.1, 0.15) is 19.4 Å². The summed E-state index contributed by atoms with van der Waals surface area (Å²) < 4.78 is 19.0. The highest BCUT2D eigenvalue weighted by Gasteiger charge is 2.22. The van der Waals surface area contributed by atoms with Gasteiger partial charge in [-0.25, -0.2) is 4.39 Å². The standard InChI is InChI=1S/C15H23FN2O/c1-11(2)18-6-7-19-14(10-18)9-17-15-8-13(16)5-4-12(15)3/h4-5,8,11,14,17H,6-7,9-10H2,1-3H3. The van der Waals surface area contributed by atoms with Crippen LogP contribution in [0, 0.1) is 12.7 Å². The first-order valence-corrected chi connectivity index (χ1v) is 6.92. The first kappa shape index (κ1) is 14.3. The minimum atomic E-state index is -0.207. The minimum Gasteiger partial charge on any atom is -0.382 e. The second kappa shape index (κ2) is 6.35. The van der Waals surface area contributed by atoms with Crippen LogP contribution in [0.4, 0.5) is 10.1 Å². The molecule has 0 amide bonds. The van der Waals surface area contributed by atoms with Crippen molar-refractivity contribution < 1.29 is 9.13 Å². The van der Waals surface area contributed by atoms with Gasteiger partial charge in [-0.15, -0.1) is 0 Å². The Labute approximate surface area is 114 Å². The van der Waals surface area contributed by atoms with E-state index in [1.807, 2.05) is 6.92 Å². The third kappa shape index (κ3) is 3.91. The number of ether oxygens (including phenoxy) is 1. The third-order valence-electron chi connectivity index (χ3n) is 3.62. The molecule has 1 atom stereocenters. The highest BCUT2D eigenvalue weighted by Crippen LogP contribution is 2.17. The van der Waals surface area contributed by atoms with Crippen molar-refractivity contribution in [2.75, 3.05) is 31.6 Å². The van der Waals surface area contributed by atoms with Gasteiger partial charge < -0.3 is 10.1 Å². The van der Waals surface area contributed by atoms with E-state index in [1.165, 1.54) is 6.07 Å². The lowest BCUT2D eigenvalue weighted by atomic mass is 10.2. The van der Waals surface area contributed by atoms with Crippen LogP contribution < -0.4 is 5.32 Å². The molecule has 1 aliphatic heterocycles. The molecule has 1 aliphatic rings. The van der Waals surface area contributed by atoms with Crippen molar-refractivity contribution in [3.05, 3.63) is 29.6 Å². The molecule has 0 spiro atoms. The van der Waals surface area contributed by atoms with Crippen molar-refractivity contribution in [2.24, 2.45) is 0 Å². The fraction of sp³-hybridized carbons (Fsp3) is 0.600. The van der Waals surface area contributed by atoms with Gasteiger partial charge in [0.05, 0.1) is 12.7 Å². The van der Waals surface area contributed by atoms with E-state index in [4.69, 9.17) is 4.74 Å². The summed E-state index contributed by atoms with van der Waals surface area (Å²) in [6, 6.07) is 5.36. The molecule has 2 rings (SSSR count). The van der Waals surface area contributed by atoms with Crippen LogP contribution >= 0.6 is 0 Å². The summed E-state index contributed by atoms with van der Waals surface area (Å²) in [5.74, 6) is -0.207. The smallest absolute Gasteiger partial charge is 0.125 e. The summed E-state index contributed by atoms with van der Waals surface area (Å²) in [6.45, 7) is 9.79. The molecule has 1 aromatic rings. The lowest BCUT2D eigenvalue weighted by Crippen LogP contribution is -2.48. The molecule has 0 aliphatic carbocycles. The summed E-state index contributed by atoms with van der Waals surface area (Å²) in [7, 11) is 0. The number of rotatable bonds is 4. The molecule has 1 fully saturated rings. The molecule has 106 valence electrons. The Morgan fingerprint density at radius 2 is 2.26 bits per heavy atom. The molecule has 0 saturated carbocycles.